The van der Waals surface area contributed by atoms with E-state index >= 15 is 0 Å². The quantitative estimate of drug-likeness (QED) is 0.373. The van der Waals surface area contributed by atoms with Gasteiger partial charge in [-0.1, -0.05) is 18.2 Å². The number of fused-ring (bicyclic) bond motifs is 1. The van der Waals surface area contributed by atoms with Gasteiger partial charge in [-0.05, 0) is 89.0 Å². The fourth-order valence-corrected chi connectivity index (χ4v) is 4.19. The van der Waals surface area contributed by atoms with Gasteiger partial charge in [0.25, 0.3) is 0 Å². The van der Waals surface area contributed by atoms with Crippen LogP contribution < -0.4 is 10.1 Å². The number of rotatable bonds is 7. The number of anilines is 1. The first-order chi connectivity index (χ1) is 16.6. The third-order valence-electron chi connectivity index (χ3n) is 5.87. The average molecular weight is 453 g/mol. The lowest BCUT2D eigenvalue weighted by Crippen LogP contribution is -2.13. The number of ether oxygens (including phenoxy) is 1. The van der Waals surface area contributed by atoms with E-state index in [1.165, 1.54) is 0 Å². The van der Waals surface area contributed by atoms with Gasteiger partial charge in [0.2, 0.25) is 5.91 Å². The number of aryl methyl sites for hydroxylation is 2. The number of aromatic amines is 1. The Bertz CT molecular complexity index is 1440. The van der Waals surface area contributed by atoms with Crippen LogP contribution in [0.5, 0.6) is 5.75 Å². The number of benzene rings is 3. The molecule has 0 saturated heterocycles. The van der Waals surface area contributed by atoms with Gasteiger partial charge in [-0.2, -0.15) is 0 Å². The Balaban J connectivity index is 1.34. The molecule has 8 heteroatoms. The van der Waals surface area contributed by atoms with Crippen molar-refractivity contribution in [3.63, 3.8) is 0 Å². The molecule has 2 N–H and O–H groups in total. The zero-order valence-electron chi connectivity index (χ0n) is 18.9. The molecule has 5 rings (SSSR count). The predicted molar refractivity (Wildman–Crippen MR) is 131 cm³/mol. The van der Waals surface area contributed by atoms with E-state index in [0.717, 1.165) is 50.4 Å². The van der Waals surface area contributed by atoms with Crippen LogP contribution in [0.15, 0.2) is 73.1 Å². The smallest absolute Gasteiger partial charge is 0.224 e. The number of para-hydroxylation sites is 1. The second kappa shape index (κ2) is 9.19. The molecular weight excluding hydrogens is 428 g/mol. The van der Waals surface area contributed by atoms with Crippen LogP contribution in [0.1, 0.15) is 17.5 Å². The lowest BCUT2D eigenvalue weighted by Gasteiger charge is -2.10. The summed E-state index contributed by atoms with van der Waals surface area (Å²) in [6, 6.07) is 21.8. The Morgan fingerprint density at radius 3 is 2.65 bits per heavy atom. The summed E-state index contributed by atoms with van der Waals surface area (Å²) in [5, 5.41) is 15.4. The number of hydrogen-bond donors (Lipinski definition) is 2. The van der Waals surface area contributed by atoms with Crippen LogP contribution in [0.4, 0.5) is 5.69 Å². The molecule has 1 amide bonds. The van der Waals surface area contributed by atoms with Gasteiger partial charge in [0.05, 0.1) is 12.8 Å². The molecule has 0 atom stereocenters. The van der Waals surface area contributed by atoms with Crippen molar-refractivity contribution in [1.29, 1.82) is 0 Å². The number of hydrogen-bond acceptors (Lipinski definition) is 5. The minimum atomic E-state index is -0.0412. The van der Waals surface area contributed by atoms with Crippen molar-refractivity contribution < 1.29 is 9.53 Å². The third kappa shape index (κ3) is 4.25. The van der Waals surface area contributed by atoms with E-state index in [4.69, 9.17) is 4.74 Å². The lowest BCUT2D eigenvalue weighted by molar-refractivity contribution is -0.116. The molecule has 34 heavy (non-hydrogen) atoms. The Kier molecular flexibility index (Phi) is 5.78. The molecule has 0 aliphatic heterocycles. The zero-order valence-corrected chi connectivity index (χ0v) is 18.9. The summed E-state index contributed by atoms with van der Waals surface area (Å²) in [6.45, 7) is 1.96. The highest BCUT2D eigenvalue weighted by molar-refractivity contribution is 5.94. The number of aromatic nitrogens is 5. The van der Waals surface area contributed by atoms with E-state index < -0.39 is 0 Å². The van der Waals surface area contributed by atoms with Gasteiger partial charge in [0.1, 0.15) is 12.1 Å². The van der Waals surface area contributed by atoms with Gasteiger partial charge < -0.3 is 15.0 Å². The molecule has 0 fully saturated rings. The van der Waals surface area contributed by atoms with E-state index in [1.54, 1.807) is 18.1 Å². The fourth-order valence-electron chi connectivity index (χ4n) is 4.19. The molecule has 2 aromatic heterocycles. The highest BCUT2D eigenvalue weighted by Crippen LogP contribution is 2.32. The largest absolute Gasteiger partial charge is 0.497 e. The van der Waals surface area contributed by atoms with Crippen molar-refractivity contribution in [2.24, 2.45) is 0 Å². The number of methoxy groups -OCH3 is 1. The van der Waals surface area contributed by atoms with Crippen LogP contribution in [0.25, 0.3) is 27.8 Å². The zero-order chi connectivity index (χ0) is 23.5. The number of carbonyl (C=O) groups excluding carboxylic acids is 1. The Morgan fingerprint density at radius 2 is 1.91 bits per heavy atom. The molecule has 0 aliphatic carbocycles. The first-order valence-electron chi connectivity index (χ1n) is 11.0. The molecule has 170 valence electrons. The molecule has 5 aromatic rings. The van der Waals surface area contributed by atoms with Crippen LogP contribution in [0.2, 0.25) is 0 Å². The molecule has 3 aromatic carbocycles. The maximum absolute atomic E-state index is 12.8. The number of carbonyl (C=O) groups is 1. The highest BCUT2D eigenvalue weighted by Gasteiger charge is 2.15. The average Bonchev–Trinajstić information content (AvgIpc) is 3.51. The first kappa shape index (κ1) is 21.4. The molecule has 2 heterocycles. The molecule has 0 aliphatic rings. The van der Waals surface area contributed by atoms with Crippen molar-refractivity contribution in [2.75, 3.05) is 12.4 Å². The van der Waals surface area contributed by atoms with Gasteiger partial charge in [0.15, 0.2) is 0 Å². The molecule has 0 spiro atoms. The maximum atomic E-state index is 12.8. The molecule has 0 saturated carbocycles. The second-order valence-corrected chi connectivity index (χ2v) is 8.06. The van der Waals surface area contributed by atoms with Crippen molar-refractivity contribution >= 4 is 22.5 Å². The van der Waals surface area contributed by atoms with Crippen LogP contribution >= 0.6 is 0 Å². The van der Waals surface area contributed by atoms with Crippen LogP contribution in [0, 0.1) is 6.92 Å². The summed E-state index contributed by atoms with van der Waals surface area (Å²) in [6.07, 6.45) is 2.51. The molecule has 0 bridgehead atoms. The second-order valence-electron chi connectivity index (χ2n) is 8.06. The van der Waals surface area contributed by atoms with Gasteiger partial charge in [-0.25, -0.2) is 4.68 Å². The van der Waals surface area contributed by atoms with Gasteiger partial charge in [0, 0.05) is 28.7 Å². The number of nitrogens with one attached hydrogen (secondary N) is 2. The van der Waals surface area contributed by atoms with Crippen molar-refractivity contribution in [1.82, 2.24) is 25.2 Å². The Labute approximate surface area is 196 Å². The molecular formula is C26H24N6O2. The van der Waals surface area contributed by atoms with E-state index in [2.05, 4.69) is 38.0 Å². The van der Waals surface area contributed by atoms with Crippen LogP contribution in [-0.2, 0) is 11.2 Å². The van der Waals surface area contributed by atoms with Gasteiger partial charge in [-0.3, -0.25) is 4.79 Å². The van der Waals surface area contributed by atoms with Crippen LogP contribution in [0.3, 0.4) is 0 Å². The fraction of sp³-hybridized carbons (Fsp3) is 0.154. The normalized spacial score (nSPS) is 11.0. The van der Waals surface area contributed by atoms with Gasteiger partial charge >= 0.3 is 0 Å². The summed E-state index contributed by atoms with van der Waals surface area (Å²) >= 11 is 0. The van der Waals surface area contributed by atoms with Gasteiger partial charge in [-0.15, -0.1) is 5.10 Å². The van der Waals surface area contributed by atoms with E-state index in [0.29, 0.717) is 12.8 Å². The predicted octanol–water partition coefficient (Wildman–Crippen LogP) is 4.70. The number of H-pyrrole nitrogens is 1. The Hall–Kier alpha value is -4.46. The van der Waals surface area contributed by atoms with Crippen molar-refractivity contribution in [3.05, 3.63) is 84.2 Å². The summed E-state index contributed by atoms with van der Waals surface area (Å²) in [7, 11) is 1.66. The Morgan fingerprint density at radius 1 is 1.09 bits per heavy atom. The summed E-state index contributed by atoms with van der Waals surface area (Å²) in [5.74, 6) is 0.766. The topological polar surface area (TPSA) is 97.7 Å². The molecule has 0 unspecified atom stereocenters. The van der Waals surface area contributed by atoms with E-state index in [9.17, 15) is 4.79 Å². The minimum absolute atomic E-state index is 0.0412. The van der Waals surface area contributed by atoms with E-state index in [1.807, 2.05) is 61.5 Å². The van der Waals surface area contributed by atoms with Crippen molar-refractivity contribution in [3.8, 4) is 22.7 Å². The summed E-state index contributed by atoms with van der Waals surface area (Å²) in [4.78, 5) is 16.4. The minimum Gasteiger partial charge on any atom is -0.497 e. The summed E-state index contributed by atoms with van der Waals surface area (Å²) in [5.41, 5.74) is 6.83. The van der Waals surface area contributed by atoms with Crippen molar-refractivity contribution in [2.45, 2.75) is 19.8 Å². The standard InChI is InChI=1S/C26H24N6O2/c1-17-15-19(9-13-24(17)32-16-27-30-31-32)28-25(33)14-12-22-21-5-3-4-6-23(21)29-26(22)18-7-10-20(34-2)11-8-18/h3-11,13,15-16,29H,12,14H2,1-2H3,(H,28,33). The monoisotopic (exact) mass is 452 g/mol. The van der Waals surface area contributed by atoms with E-state index in [-0.39, 0.29) is 5.91 Å². The highest BCUT2D eigenvalue weighted by atomic mass is 16.5. The third-order valence-corrected chi connectivity index (χ3v) is 5.87. The summed E-state index contributed by atoms with van der Waals surface area (Å²) < 4.78 is 6.89. The number of tetrazole rings is 1. The SMILES string of the molecule is COc1ccc(-c2[nH]c3ccccc3c2CCC(=O)Nc2ccc(-n3cnnn3)c(C)c2)cc1. The number of amides is 1. The number of nitrogens with zero attached hydrogens (tertiary/aromatic N) is 4. The molecule has 0 radical (unpaired) electrons. The first-order valence-corrected chi connectivity index (χ1v) is 11.0. The maximum Gasteiger partial charge on any atom is 0.224 e. The lowest BCUT2D eigenvalue weighted by atomic mass is 10.0. The van der Waals surface area contributed by atoms with Crippen LogP contribution in [-0.4, -0.2) is 38.2 Å². The molecule has 8 nitrogen and oxygen atoms in total.